The average molecular weight is 309 g/mol. The Morgan fingerprint density at radius 1 is 1.27 bits per heavy atom. The summed E-state index contributed by atoms with van der Waals surface area (Å²) in [7, 11) is 1.37. The van der Waals surface area contributed by atoms with Crippen molar-refractivity contribution in [3.8, 4) is 11.5 Å². The van der Waals surface area contributed by atoms with Crippen molar-refractivity contribution in [2.75, 3.05) is 12.4 Å². The molecule has 1 amide bonds. The molecule has 0 radical (unpaired) electrons. The van der Waals surface area contributed by atoms with Crippen LogP contribution in [0.5, 0.6) is 11.5 Å². The normalized spacial score (nSPS) is 25.5. The first-order valence-corrected chi connectivity index (χ1v) is 7.19. The Kier molecular flexibility index (Phi) is 4.00. The van der Waals surface area contributed by atoms with Gasteiger partial charge in [-0.3, -0.25) is 4.79 Å². The molecule has 1 saturated carbocycles. The zero-order chi connectivity index (χ0) is 15.7. The quantitative estimate of drug-likeness (QED) is 0.848. The molecule has 0 spiro atoms. The number of amides is 1. The van der Waals surface area contributed by atoms with E-state index >= 15 is 0 Å². The number of alkyl halides is 2. The van der Waals surface area contributed by atoms with Crippen molar-refractivity contribution in [1.82, 2.24) is 0 Å². The summed E-state index contributed by atoms with van der Waals surface area (Å²) < 4.78 is 34.2. The number of rotatable bonds is 5. The Labute approximate surface area is 127 Å². The van der Waals surface area contributed by atoms with Gasteiger partial charge in [0.15, 0.2) is 11.5 Å². The summed E-state index contributed by atoms with van der Waals surface area (Å²) in [5, 5.41) is 2.78. The highest BCUT2D eigenvalue weighted by molar-refractivity contribution is 5.93. The first-order chi connectivity index (χ1) is 10.6. The van der Waals surface area contributed by atoms with Gasteiger partial charge in [-0.25, -0.2) is 0 Å². The number of methoxy groups -OCH3 is 1. The molecule has 0 saturated heterocycles. The molecule has 1 N–H and O–H groups in total. The first-order valence-electron chi connectivity index (χ1n) is 7.19. The van der Waals surface area contributed by atoms with Gasteiger partial charge >= 0.3 is 6.61 Å². The number of benzene rings is 1. The number of carbonyl (C=O) groups excluding carboxylic acids is 1. The van der Waals surface area contributed by atoms with Crippen molar-refractivity contribution in [3.63, 3.8) is 0 Å². The third kappa shape index (κ3) is 2.91. The van der Waals surface area contributed by atoms with E-state index in [4.69, 9.17) is 4.74 Å². The molecule has 2 aliphatic carbocycles. The van der Waals surface area contributed by atoms with E-state index in [0.29, 0.717) is 17.5 Å². The minimum Gasteiger partial charge on any atom is -0.493 e. The van der Waals surface area contributed by atoms with E-state index in [1.165, 1.54) is 19.2 Å². The number of allylic oxidation sites excluding steroid dienone is 2. The van der Waals surface area contributed by atoms with Crippen molar-refractivity contribution in [2.45, 2.75) is 19.5 Å². The highest BCUT2D eigenvalue weighted by Crippen LogP contribution is 2.44. The molecule has 1 fully saturated rings. The number of halogens is 2. The summed E-state index contributed by atoms with van der Waals surface area (Å²) in [6, 6.07) is 4.46. The highest BCUT2D eigenvalue weighted by Gasteiger charge is 2.39. The van der Waals surface area contributed by atoms with Crippen LogP contribution in [-0.4, -0.2) is 19.6 Å². The molecule has 22 heavy (non-hydrogen) atoms. The maximum absolute atomic E-state index is 12.4. The van der Waals surface area contributed by atoms with Gasteiger partial charge in [0.05, 0.1) is 7.11 Å². The van der Waals surface area contributed by atoms with Gasteiger partial charge < -0.3 is 14.8 Å². The maximum Gasteiger partial charge on any atom is 0.387 e. The van der Waals surface area contributed by atoms with Crippen LogP contribution in [0.3, 0.4) is 0 Å². The van der Waals surface area contributed by atoms with Crippen molar-refractivity contribution >= 4 is 11.6 Å². The fraction of sp³-hybridized carbons (Fsp3) is 0.438. The molecule has 0 unspecified atom stereocenters. The molecule has 2 bridgehead atoms. The lowest BCUT2D eigenvalue weighted by atomic mass is 9.93. The molecular formula is C16H17F2NO3. The number of hydrogen-bond acceptors (Lipinski definition) is 3. The second kappa shape index (κ2) is 5.94. The number of fused-ring (bicyclic) bond motifs is 2. The van der Waals surface area contributed by atoms with Crippen LogP contribution in [0.15, 0.2) is 30.4 Å². The molecule has 3 rings (SSSR count). The smallest absolute Gasteiger partial charge is 0.387 e. The third-order valence-electron chi connectivity index (χ3n) is 4.26. The van der Waals surface area contributed by atoms with E-state index in [0.717, 1.165) is 12.8 Å². The molecule has 0 aliphatic heterocycles. The van der Waals surface area contributed by atoms with Crippen LogP contribution in [-0.2, 0) is 4.79 Å². The maximum atomic E-state index is 12.4. The van der Waals surface area contributed by atoms with Crippen molar-refractivity contribution in [2.24, 2.45) is 17.8 Å². The minimum atomic E-state index is -2.95. The van der Waals surface area contributed by atoms with E-state index in [9.17, 15) is 13.6 Å². The predicted molar refractivity (Wildman–Crippen MR) is 77.1 cm³/mol. The SMILES string of the molecule is COc1ccc(NC(=O)[C@H]2C[C@H]3C=C[C@H]2C3)cc1OC(F)F. The zero-order valence-electron chi connectivity index (χ0n) is 12.1. The fourth-order valence-corrected chi connectivity index (χ4v) is 3.26. The van der Waals surface area contributed by atoms with Gasteiger partial charge in [-0.15, -0.1) is 0 Å². The van der Waals surface area contributed by atoms with Gasteiger partial charge in [0.1, 0.15) is 0 Å². The summed E-state index contributed by atoms with van der Waals surface area (Å²) in [5.74, 6) is 0.764. The van der Waals surface area contributed by atoms with Crippen LogP contribution in [0.25, 0.3) is 0 Å². The van der Waals surface area contributed by atoms with E-state index in [1.54, 1.807) is 6.07 Å². The van der Waals surface area contributed by atoms with E-state index in [2.05, 4.69) is 22.2 Å². The van der Waals surface area contributed by atoms with Crippen molar-refractivity contribution in [1.29, 1.82) is 0 Å². The Hall–Kier alpha value is -2.11. The van der Waals surface area contributed by atoms with Crippen LogP contribution in [0.2, 0.25) is 0 Å². The number of nitrogens with one attached hydrogen (secondary N) is 1. The number of anilines is 1. The summed E-state index contributed by atoms with van der Waals surface area (Å²) >= 11 is 0. The Balaban J connectivity index is 1.72. The summed E-state index contributed by atoms with van der Waals surface area (Å²) in [6.45, 7) is -2.95. The molecule has 1 aromatic rings. The third-order valence-corrected chi connectivity index (χ3v) is 4.26. The molecule has 118 valence electrons. The molecular weight excluding hydrogens is 292 g/mol. The second-order valence-corrected chi connectivity index (χ2v) is 5.62. The van der Waals surface area contributed by atoms with Gasteiger partial charge in [-0.05, 0) is 36.8 Å². The minimum absolute atomic E-state index is 0.0448. The molecule has 0 heterocycles. The average Bonchev–Trinajstić information content (AvgIpc) is 3.09. The van der Waals surface area contributed by atoms with Crippen LogP contribution in [0, 0.1) is 17.8 Å². The zero-order valence-corrected chi connectivity index (χ0v) is 12.1. The molecule has 6 heteroatoms. The van der Waals surface area contributed by atoms with Gasteiger partial charge in [-0.1, -0.05) is 12.2 Å². The first kappa shape index (κ1) is 14.8. The highest BCUT2D eigenvalue weighted by atomic mass is 19.3. The lowest BCUT2D eigenvalue weighted by Gasteiger charge is -2.18. The Morgan fingerprint density at radius 3 is 2.68 bits per heavy atom. The predicted octanol–water partition coefficient (Wildman–Crippen LogP) is 3.45. The van der Waals surface area contributed by atoms with Crippen molar-refractivity contribution < 1.29 is 23.0 Å². The topological polar surface area (TPSA) is 47.6 Å². The summed E-state index contributed by atoms with van der Waals surface area (Å²) in [4.78, 5) is 12.3. The largest absolute Gasteiger partial charge is 0.493 e. The van der Waals surface area contributed by atoms with Gasteiger partial charge in [-0.2, -0.15) is 8.78 Å². The number of ether oxygens (including phenoxy) is 2. The summed E-state index contributed by atoms with van der Waals surface area (Å²) in [6.07, 6.45) is 6.14. The van der Waals surface area contributed by atoms with Gasteiger partial charge in [0.25, 0.3) is 0 Å². The van der Waals surface area contributed by atoms with E-state index in [1.807, 2.05) is 0 Å². The van der Waals surface area contributed by atoms with Crippen LogP contribution in [0.4, 0.5) is 14.5 Å². The lowest BCUT2D eigenvalue weighted by molar-refractivity contribution is -0.120. The van der Waals surface area contributed by atoms with Gasteiger partial charge in [0.2, 0.25) is 5.91 Å². The molecule has 3 atom stereocenters. The molecule has 1 aromatic carbocycles. The Morgan fingerprint density at radius 2 is 2.09 bits per heavy atom. The number of carbonyl (C=O) groups is 1. The van der Waals surface area contributed by atoms with E-state index in [-0.39, 0.29) is 23.3 Å². The fourth-order valence-electron chi connectivity index (χ4n) is 3.26. The van der Waals surface area contributed by atoms with Crippen LogP contribution in [0.1, 0.15) is 12.8 Å². The Bertz CT molecular complexity index is 603. The molecule has 2 aliphatic rings. The summed E-state index contributed by atoms with van der Waals surface area (Å²) in [5.41, 5.74) is 0.424. The monoisotopic (exact) mass is 309 g/mol. The van der Waals surface area contributed by atoms with E-state index < -0.39 is 6.61 Å². The second-order valence-electron chi connectivity index (χ2n) is 5.62. The number of hydrogen-bond donors (Lipinski definition) is 1. The van der Waals surface area contributed by atoms with Gasteiger partial charge in [0, 0.05) is 17.7 Å². The van der Waals surface area contributed by atoms with Crippen LogP contribution < -0.4 is 14.8 Å². The standard InChI is InChI=1S/C16H17F2NO3/c1-21-13-5-4-11(8-14(13)22-16(17)18)19-15(20)12-7-9-2-3-10(12)6-9/h2-5,8-10,12,16H,6-7H2,1H3,(H,19,20)/t9-,10-,12-/m0/s1. The lowest BCUT2D eigenvalue weighted by Crippen LogP contribution is -2.25. The van der Waals surface area contributed by atoms with Crippen LogP contribution >= 0.6 is 0 Å². The molecule has 4 nitrogen and oxygen atoms in total. The van der Waals surface area contributed by atoms with Crippen molar-refractivity contribution in [3.05, 3.63) is 30.4 Å². The molecule has 0 aromatic heterocycles.